The van der Waals surface area contributed by atoms with Crippen molar-refractivity contribution in [3.05, 3.63) is 29.5 Å². The number of carbonyl (C=O) groups excluding carboxylic acids is 1. The molecule has 0 aliphatic rings. The molecule has 0 aliphatic carbocycles. The van der Waals surface area contributed by atoms with Gasteiger partial charge in [-0.25, -0.2) is 0 Å². The summed E-state index contributed by atoms with van der Waals surface area (Å²) in [6, 6.07) is 6.04. The van der Waals surface area contributed by atoms with Crippen LogP contribution in [0.15, 0.2) is 18.2 Å². The van der Waals surface area contributed by atoms with Crippen LogP contribution in [0.2, 0.25) is 0 Å². The molecule has 0 saturated heterocycles. The highest BCUT2D eigenvalue weighted by Gasteiger charge is 2.12. The molecule has 2 rings (SSSR count). The van der Waals surface area contributed by atoms with Crippen molar-refractivity contribution in [2.45, 2.75) is 33.1 Å². The van der Waals surface area contributed by atoms with E-state index in [1.165, 1.54) is 19.3 Å². The summed E-state index contributed by atoms with van der Waals surface area (Å²) >= 11 is 1.72. The molecule has 1 amide bonds. The van der Waals surface area contributed by atoms with Crippen LogP contribution in [0.5, 0.6) is 0 Å². The summed E-state index contributed by atoms with van der Waals surface area (Å²) in [6.07, 6.45) is 3.74. The molecule has 0 aliphatic heterocycles. The van der Waals surface area contributed by atoms with Crippen molar-refractivity contribution >= 4 is 34.4 Å². The maximum Gasteiger partial charge on any atom is 0.265 e. The summed E-state index contributed by atoms with van der Waals surface area (Å²) in [6.45, 7) is 4.12. The molecule has 0 spiro atoms. The largest absolute Gasteiger partial charge is 0.364 e. The highest BCUT2D eigenvalue weighted by atomic mass is 32.2. The number of aromatic nitrogens is 1. The molecular weight excluding hydrogens is 270 g/mol. The van der Waals surface area contributed by atoms with Gasteiger partial charge >= 0.3 is 0 Å². The van der Waals surface area contributed by atoms with E-state index in [2.05, 4.69) is 22.7 Å². The third-order valence-electron chi connectivity index (χ3n) is 3.34. The average Bonchev–Trinajstić information content (AvgIpc) is 2.76. The van der Waals surface area contributed by atoms with Crippen molar-refractivity contribution in [1.29, 1.82) is 0 Å². The molecule has 4 N–H and O–H groups in total. The molecule has 1 aromatic carbocycles. The zero-order valence-corrected chi connectivity index (χ0v) is 12.8. The number of rotatable bonds is 7. The zero-order valence-electron chi connectivity index (χ0n) is 12.0. The highest BCUT2D eigenvalue weighted by molar-refractivity contribution is 8.00. The number of unbranched alkanes of at least 4 members (excludes halogenated alkanes) is 2. The number of aryl methyl sites for hydroxylation is 1. The minimum atomic E-state index is -0.415. The number of primary amides is 1. The van der Waals surface area contributed by atoms with E-state index >= 15 is 0 Å². The Hall–Kier alpha value is -1.62. The van der Waals surface area contributed by atoms with E-state index in [-0.39, 0.29) is 0 Å². The van der Waals surface area contributed by atoms with Gasteiger partial charge in [-0.3, -0.25) is 4.79 Å². The minimum absolute atomic E-state index is 0.415. The van der Waals surface area contributed by atoms with Crippen LogP contribution >= 0.6 is 11.9 Å². The Morgan fingerprint density at radius 2 is 2.20 bits per heavy atom. The molecule has 5 heteroatoms. The van der Waals surface area contributed by atoms with Gasteiger partial charge in [-0.2, -0.15) is 0 Å². The van der Waals surface area contributed by atoms with Gasteiger partial charge in [0.2, 0.25) is 0 Å². The predicted molar refractivity (Wildman–Crippen MR) is 87.2 cm³/mol. The predicted octanol–water partition coefficient (Wildman–Crippen LogP) is 3.83. The van der Waals surface area contributed by atoms with Crippen LogP contribution in [0.4, 0.5) is 5.69 Å². The van der Waals surface area contributed by atoms with Gasteiger partial charge in [-0.15, -0.1) is 0 Å². The van der Waals surface area contributed by atoms with Crippen molar-refractivity contribution < 1.29 is 4.79 Å². The van der Waals surface area contributed by atoms with E-state index < -0.39 is 5.91 Å². The second-order valence-electron chi connectivity index (χ2n) is 4.91. The fraction of sp³-hybridized carbons (Fsp3) is 0.400. The summed E-state index contributed by atoms with van der Waals surface area (Å²) in [5.74, 6) is 0.687. The number of aromatic amines is 1. The van der Waals surface area contributed by atoms with Crippen LogP contribution in [-0.4, -0.2) is 16.6 Å². The molecule has 0 atom stereocenters. The van der Waals surface area contributed by atoms with E-state index in [0.717, 1.165) is 27.9 Å². The Labute approximate surface area is 123 Å². The molecule has 1 aromatic heterocycles. The summed E-state index contributed by atoms with van der Waals surface area (Å²) in [5, 5.41) is 1.04. The molecule has 108 valence electrons. The van der Waals surface area contributed by atoms with Crippen LogP contribution in [-0.2, 0) is 0 Å². The van der Waals surface area contributed by atoms with E-state index in [4.69, 9.17) is 5.73 Å². The van der Waals surface area contributed by atoms with E-state index in [1.807, 2.05) is 19.1 Å². The molecular formula is C15H21N3OS. The lowest BCUT2D eigenvalue weighted by molar-refractivity contribution is 0.0996. The molecule has 1 heterocycles. The number of hydrogen-bond donors (Lipinski definition) is 3. The Morgan fingerprint density at radius 1 is 1.40 bits per heavy atom. The first-order valence-corrected chi connectivity index (χ1v) is 7.92. The van der Waals surface area contributed by atoms with Crippen molar-refractivity contribution in [3.8, 4) is 0 Å². The number of benzene rings is 1. The lowest BCUT2D eigenvalue weighted by Crippen LogP contribution is -2.12. The molecule has 0 saturated carbocycles. The Morgan fingerprint density at radius 3 is 2.90 bits per heavy atom. The van der Waals surface area contributed by atoms with Crippen LogP contribution in [0, 0.1) is 6.92 Å². The summed E-state index contributed by atoms with van der Waals surface area (Å²) in [5.41, 5.74) is 8.75. The normalized spacial score (nSPS) is 10.9. The number of hydrogen-bond acceptors (Lipinski definition) is 3. The third kappa shape index (κ3) is 3.28. The van der Waals surface area contributed by atoms with Crippen LogP contribution in [0.3, 0.4) is 0 Å². The Balaban J connectivity index is 2.09. The van der Waals surface area contributed by atoms with Gasteiger partial charge in [-0.05, 0) is 37.1 Å². The lowest BCUT2D eigenvalue weighted by Gasteiger charge is -2.05. The van der Waals surface area contributed by atoms with Crippen LogP contribution in [0.1, 0.15) is 42.2 Å². The SMILES string of the molecule is CCCCCSNc1ccc2[nH]c(C(N)=O)c(C)c2c1. The van der Waals surface area contributed by atoms with Gasteiger partial charge in [0.15, 0.2) is 0 Å². The number of nitrogens with two attached hydrogens (primary N) is 1. The first kappa shape index (κ1) is 14.8. The Kier molecular flexibility index (Phi) is 4.95. The van der Waals surface area contributed by atoms with Gasteiger partial charge in [0.25, 0.3) is 5.91 Å². The number of carbonyl (C=O) groups is 1. The van der Waals surface area contributed by atoms with Gasteiger partial charge in [0.1, 0.15) is 5.69 Å². The highest BCUT2D eigenvalue weighted by Crippen LogP contribution is 2.26. The van der Waals surface area contributed by atoms with Crippen molar-refractivity contribution in [1.82, 2.24) is 4.98 Å². The minimum Gasteiger partial charge on any atom is -0.364 e. The number of H-pyrrole nitrogens is 1. The summed E-state index contributed by atoms with van der Waals surface area (Å²) < 4.78 is 3.35. The lowest BCUT2D eigenvalue weighted by atomic mass is 10.1. The second kappa shape index (κ2) is 6.70. The number of fused-ring (bicyclic) bond motifs is 1. The van der Waals surface area contributed by atoms with Crippen molar-refractivity contribution in [2.24, 2.45) is 5.73 Å². The first-order valence-electron chi connectivity index (χ1n) is 6.93. The number of amides is 1. The third-order valence-corrected chi connectivity index (χ3v) is 4.22. The van der Waals surface area contributed by atoms with Gasteiger partial charge in [0, 0.05) is 22.3 Å². The quantitative estimate of drug-likeness (QED) is 0.536. The average molecular weight is 291 g/mol. The van der Waals surface area contributed by atoms with E-state index in [9.17, 15) is 4.79 Å². The van der Waals surface area contributed by atoms with Gasteiger partial charge in [0.05, 0.1) is 0 Å². The maximum atomic E-state index is 11.3. The fourth-order valence-electron chi connectivity index (χ4n) is 2.20. The van der Waals surface area contributed by atoms with Gasteiger partial charge in [-0.1, -0.05) is 31.7 Å². The number of nitrogens with one attached hydrogen (secondary N) is 2. The second-order valence-corrected chi connectivity index (χ2v) is 5.81. The van der Waals surface area contributed by atoms with Crippen molar-refractivity contribution in [3.63, 3.8) is 0 Å². The molecule has 2 aromatic rings. The van der Waals surface area contributed by atoms with Crippen molar-refractivity contribution in [2.75, 3.05) is 10.5 Å². The monoisotopic (exact) mass is 291 g/mol. The molecule has 0 radical (unpaired) electrons. The van der Waals surface area contributed by atoms with Crippen LogP contribution in [0.25, 0.3) is 10.9 Å². The standard InChI is InChI=1S/C15H21N3OS/c1-3-4-5-8-20-18-11-6-7-13-12(9-11)10(2)14(17-13)15(16)19/h6-7,9,17-18H,3-5,8H2,1-2H3,(H2,16,19). The van der Waals surface area contributed by atoms with Crippen LogP contribution < -0.4 is 10.5 Å². The van der Waals surface area contributed by atoms with E-state index in [1.54, 1.807) is 11.9 Å². The van der Waals surface area contributed by atoms with E-state index in [0.29, 0.717) is 5.69 Å². The molecule has 0 unspecified atom stereocenters. The number of anilines is 1. The molecule has 0 bridgehead atoms. The smallest absolute Gasteiger partial charge is 0.265 e. The molecule has 20 heavy (non-hydrogen) atoms. The van der Waals surface area contributed by atoms with Gasteiger partial charge < -0.3 is 15.4 Å². The summed E-state index contributed by atoms with van der Waals surface area (Å²) in [7, 11) is 0. The summed E-state index contributed by atoms with van der Waals surface area (Å²) in [4.78, 5) is 14.4. The Bertz CT molecular complexity index is 606. The fourth-order valence-corrected chi connectivity index (χ4v) is 2.94. The molecule has 0 fully saturated rings. The topological polar surface area (TPSA) is 70.9 Å². The zero-order chi connectivity index (χ0) is 14.5. The maximum absolute atomic E-state index is 11.3. The first-order chi connectivity index (χ1) is 9.63. The molecule has 4 nitrogen and oxygen atoms in total.